The minimum Gasteiger partial charge on any atom is -0.481 e. The average molecular weight is 502 g/mol. The molecule has 3 rings (SSSR count). The summed E-state index contributed by atoms with van der Waals surface area (Å²) in [6, 6.07) is 3.60. The fourth-order valence-electron chi connectivity index (χ4n) is 4.52. The van der Waals surface area contributed by atoms with E-state index >= 15 is 0 Å². The van der Waals surface area contributed by atoms with E-state index in [4.69, 9.17) is 38.2 Å². The zero-order chi connectivity index (χ0) is 24.7. The number of nitrogens with zero attached hydrogens (tertiary/aromatic N) is 2. The molecule has 1 aromatic carbocycles. The minimum absolute atomic E-state index is 0.145. The van der Waals surface area contributed by atoms with Crippen LogP contribution in [0.1, 0.15) is 26.3 Å². The largest absolute Gasteiger partial charge is 0.481 e. The second-order valence-electron chi connectivity index (χ2n) is 8.95. The van der Waals surface area contributed by atoms with Crippen molar-refractivity contribution in [2.45, 2.75) is 50.7 Å². The standard InChI is InChI=1S/C20H22Cl2N4O7/c1-19(2,3)33-18(31)24-20(17(29)30)13-11(12(13)16(27)28)14(25-26-23)15(20)32-7-8-4-5-9(21)10(22)6-8/h4-6,11-15,23H,7H2,1-3H3,(H2-,24,27,28,29,30,31)/p+1/t11-,12-,13-,14-,15+,20+/m0/s1. The van der Waals surface area contributed by atoms with Crippen molar-refractivity contribution in [2.75, 3.05) is 0 Å². The molecule has 6 atom stereocenters. The third-order valence-electron chi connectivity index (χ3n) is 5.71. The van der Waals surface area contributed by atoms with Gasteiger partial charge in [-0.15, -0.1) is 0 Å². The lowest BCUT2D eigenvalue weighted by Gasteiger charge is -2.36. The highest BCUT2D eigenvalue weighted by Gasteiger charge is 2.82. The molecular weight excluding hydrogens is 479 g/mol. The number of alkyl carbamates (subject to hydrolysis) is 1. The molecule has 11 nitrogen and oxygen atoms in total. The maximum absolute atomic E-state index is 12.6. The maximum Gasteiger partial charge on any atom is 0.408 e. The van der Waals surface area contributed by atoms with Gasteiger partial charge < -0.3 is 25.0 Å². The first-order valence-corrected chi connectivity index (χ1v) is 10.7. The van der Waals surface area contributed by atoms with Gasteiger partial charge in [0, 0.05) is 11.8 Å². The number of ether oxygens (including phenoxy) is 2. The van der Waals surface area contributed by atoms with Crippen molar-refractivity contribution in [3.05, 3.63) is 33.8 Å². The van der Waals surface area contributed by atoms with Crippen LogP contribution in [0.3, 0.4) is 0 Å². The van der Waals surface area contributed by atoms with Crippen LogP contribution in [0.4, 0.5) is 4.79 Å². The summed E-state index contributed by atoms with van der Waals surface area (Å²) < 4.78 is 11.1. The Balaban J connectivity index is 2.00. The Morgan fingerprint density at radius 1 is 1.24 bits per heavy atom. The van der Waals surface area contributed by atoms with Gasteiger partial charge in [0.05, 0.1) is 22.6 Å². The molecule has 2 fully saturated rings. The fourth-order valence-corrected chi connectivity index (χ4v) is 4.84. The lowest BCUT2D eigenvalue weighted by Crippen LogP contribution is -2.65. The third-order valence-corrected chi connectivity index (χ3v) is 6.44. The number of rotatable bonds is 7. The third kappa shape index (κ3) is 4.67. The minimum atomic E-state index is -2.18. The van der Waals surface area contributed by atoms with Crippen molar-refractivity contribution in [3.8, 4) is 0 Å². The van der Waals surface area contributed by atoms with E-state index in [1.54, 1.807) is 32.9 Å². The van der Waals surface area contributed by atoms with Gasteiger partial charge in [-0.3, -0.25) is 4.79 Å². The first kappa shape index (κ1) is 24.9. The monoisotopic (exact) mass is 501 g/mol. The van der Waals surface area contributed by atoms with Crippen molar-refractivity contribution in [3.63, 3.8) is 0 Å². The average Bonchev–Trinajstić information content (AvgIpc) is 3.37. The molecule has 0 aliphatic heterocycles. The zero-order valence-electron chi connectivity index (χ0n) is 17.9. The number of carbonyl (C=O) groups excluding carboxylic acids is 1. The second kappa shape index (κ2) is 8.90. The van der Waals surface area contributed by atoms with Crippen LogP contribution in [-0.4, -0.2) is 51.5 Å². The van der Waals surface area contributed by atoms with Gasteiger partial charge in [-0.05, 0) is 38.5 Å². The molecule has 0 radical (unpaired) electrons. The van der Waals surface area contributed by atoms with E-state index < -0.39 is 59.1 Å². The Morgan fingerprint density at radius 3 is 2.42 bits per heavy atom. The molecule has 33 heavy (non-hydrogen) atoms. The van der Waals surface area contributed by atoms with Gasteiger partial charge in [0.2, 0.25) is 4.91 Å². The molecule has 4 N–H and O–H groups in total. The molecule has 0 unspecified atom stereocenters. The number of amides is 1. The number of benzene rings is 1. The quantitative estimate of drug-likeness (QED) is 0.328. The van der Waals surface area contributed by atoms with Crippen molar-refractivity contribution >= 4 is 41.2 Å². The number of nitrogens with one attached hydrogen (secondary N) is 2. The van der Waals surface area contributed by atoms with E-state index in [1.807, 2.05) is 0 Å². The highest BCUT2D eigenvalue weighted by Crippen LogP contribution is 2.64. The van der Waals surface area contributed by atoms with Gasteiger partial charge in [0.15, 0.2) is 11.6 Å². The molecule has 2 aliphatic carbocycles. The van der Waals surface area contributed by atoms with Gasteiger partial charge in [-0.1, -0.05) is 29.3 Å². The van der Waals surface area contributed by atoms with Crippen LogP contribution in [0.25, 0.3) is 0 Å². The lowest BCUT2D eigenvalue weighted by molar-refractivity contribution is -0.156. The molecule has 0 bridgehead atoms. The Bertz CT molecular complexity index is 1040. The van der Waals surface area contributed by atoms with Crippen LogP contribution in [0.15, 0.2) is 23.3 Å². The van der Waals surface area contributed by atoms with E-state index in [0.29, 0.717) is 10.6 Å². The lowest BCUT2D eigenvalue weighted by atomic mass is 9.86. The molecule has 13 heteroatoms. The van der Waals surface area contributed by atoms with Crippen molar-refractivity contribution in [2.24, 2.45) is 22.9 Å². The van der Waals surface area contributed by atoms with E-state index in [0.717, 1.165) is 0 Å². The Morgan fingerprint density at radius 2 is 1.91 bits per heavy atom. The second-order valence-corrected chi connectivity index (χ2v) is 9.77. The predicted octanol–water partition coefficient (Wildman–Crippen LogP) is 3.11. The number of aliphatic carboxylic acids is 2. The van der Waals surface area contributed by atoms with Crippen molar-refractivity contribution < 1.29 is 34.1 Å². The molecule has 0 saturated heterocycles. The molecule has 2 aliphatic rings. The van der Waals surface area contributed by atoms with E-state index in [-0.39, 0.29) is 11.6 Å². The van der Waals surface area contributed by atoms with E-state index in [2.05, 4.69) is 15.3 Å². The molecule has 0 spiro atoms. The summed E-state index contributed by atoms with van der Waals surface area (Å²) in [5, 5.41) is 26.6. The van der Waals surface area contributed by atoms with E-state index in [1.165, 1.54) is 6.07 Å². The Labute approximate surface area is 198 Å². The SMILES string of the molecule is CC(C)(C)OC(=O)N[C@]1(C(=O)O)[C@@H]2[C@@H](C(=O)O)[C@@H]2[C@H](N=[N+]=N)[C@H]1OCc1ccc(Cl)c(Cl)c1. The molecule has 178 valence electrons. The number of carboxylic acid groups (broad SMARTS) is 2. The normalized spacial score (nSPS) is 30.0. The van der Waals surface area contributed by atoms with Gasteiger partial charge >= 0.3 is 18.0 Å². The number of carboxylic acids is 2. The summed E-state index contributed by atoms with van der Waals surface area (Å²) in [5.41, 5.74) is 4.59. The molecular formula is C20H23Cl2N4O7+. The molecule has 2 saturated carbocycles. The van der Waals surface area contributed by atoms with Crippen LogP contribution in [-0.2, 0) is 25.7 Å². The first-order chi connectivity index (χ1) is 15.3. The van der Waals surface area contributed by atoms with Crippen molar-refractivity contribution in [1.29, 1.82) is 5.53 Å². The Kier molecular flexibility index (Phi) is 6.72. The maximum atomic E-state index is 12.6. The van der Waals surface area contributed by atoms with Crippen LogP contribution in [0.5, 0.6) is 0 Å². The summed E-state index contributed by atoms with van der Waals surface area (Å²) in [6.45, 7) is 4.66. The first-order valence-electron chi connectivity index (χ1n) is 9.93. The van der Waals surface area contributed by atoms with Gasteiger partial charge in [-0.25, -0.2) is 9.59 Å². The van der Waals surface area contributed by atoms with Gasteiger partial charge in [0.1, 0.15) is 22.4 Å². The summed E-state index contributed by atoms with van der Waals surface area (Å²) >= 11 is 12.0. The van der Waals surface area contributed by atoms with Crippen LogP contribution in [0.2, 0.25) is 10.0 Å². The summed E-state index contributed by atoms with van der Waals surface area (Å²) in [4.78, 5) is 40.0. The van der Waals surface area contributed by atoms with Crippen LogP contribution >= 0.6 is 23.2 Å². The smallest absolute Gasteiger partial charge is 0.408 e. The number of hydrogen-bond acceptors (Lipinski definition) is 7. The highest BCUT2D eigenvalue weighted by molar-refractivity contribution is 6.42. The molecule has 0 aromatic heterocycles. The summed E-state index contributed by atoms with van der Waals surface area (Å²) in [7, 11) is 0. The number of fused-ring (bicyclic) bond motifs is 1. The highest BCUT2D eigenvalue weighted by atomic mass is 35.5. The van der Waals surface area contributed by atoms with E-state index in [9.17, 15) is 24.6 Å². The zero-order valence-corrected chi connectivity index (χ0v) is 19.4. The van der Waals surface area contributed by atoms with Crippen molar-refractivity contribution in [1.82, 2.24) is 10.2 Å². The number of halogens is 2. The topological polar surface area (TPSA) is 172 Å². The van der Waals surface area contributed by atoms with Crippen LogP contribution < -0.4 is 10.2 Å². The van der Waals surface area contributed by atoms with Gasteiger partial charge in [0.25, 0.3) is 0 Å². The molecule has 1 amide bonds. The number of hydrogen-bond donors (Lipinski definition) is 4. The molecule has 1 aromatic rings. The van der Waals surface area contributed by atoms with Crippen LogP contribution in [0, 0.1) is 23.3 Å². The summed E-state index contributed by atoms with van der Waals surface area (Å²) in [5.74, 6) is -5.71. The number of carbonyl (C=O) groups is 3. The Hall–Kier alpha value is -2.72. The summed E-state index contributed by atoms with van der Waals surface area (Å²) in [6.07, 6.45) is -2.39. The fraction of sp³-hybridized carbons (Fsp3) is 0.550. The predicted molar refractivity (Wildman–Crippen MR) is 114 cm³/mol. The molecule has 0 heterocycles. The van der Waals surface area contributed by atoms with Gasteiger partial charge in [-0.2, -0.15) is 0 Å².